The Hall–Kier alpha value is -1.94. The molecule has 0 saturated carbocycles. The number of benzene rings is 1. The number of nitrogens with zero attached hydrogens (tertiary/aromatic N) is 2. The molecular weight excluding hydrogens is 307 g/mol. The molecule has 0 radical (unpaired) electrons. The Balaban J connectivity index is 2.24. The van der Waals surface area contributed by atoms with Gasteiger partial charge in [-0.15, -0.1) is 10.2 Å². The van der Waals surface area contributed by atoms with Crippen molar-refractivity contribution in [3.63, 3.8) is 0 Å². The second kappa shape index (κ2) is 5.59. The van der Waals surface area contributed by atoms with Crippen molar-refractivity contribution in [2.45, 2.75) is 11.3 Å². The molecular formula is C10H11FN4O3S2. The van der Waals surface area contributed by atoms with E-state index in [0.717, 1.165) is 6.07 Å². The molecule has 0 bridgehead atoms. The highest BCUT2D eigenvalue weighted by Gasteiger charge is 2.20. The zero-order valence-electron chi connectivity index (χ0n) is 10.3. The third-order valence-electron chi connectivity index (χ3n) is 2.14. The van der Waals surface area contributed by atoms with Crippen LogP contribution in [0, 0.1) is 5.82 Å². The summed E-state index contributed by atoms with van der Waals surface area (Å²) in [6.07, 6.45) is 0. The average Bonchev–Trinajstić information content (AvgIpc) is 2.80. The monoisotopic (exact) mass is 318 g/mol. The smallest absolute Gasteiger partial charge is 0.291 e. The number of halogens is 1. The maximum atomic E-state index is 13.6. The van der Waals surface area contributed by atoms with Gasteiger partial charge in [-0.1, -0.05) is 11.3 Å². The van der Waals surface area contributed by atoms with E-state index in [4.69, 9.17) is 10.5 Å². The van der Waals surface area contributed by atoms with Gasteiger partial charge in [-0.25, -0.2) is 4.39 Å². The molecule has 0 amide bonds. The molecule has 10 heteroatoms. The van der Waals surface area contributed by atoms with E-state index in [-0.39, 0.29) is 20.9 Å². The lowest BCUT2D eigenvalue weighted by Gasteiger charge is -2.08. The summed E-state index contributed by atoms with van der Waals surface area (Å²) in [6.45, 7) is 2.03. The third kappa shape index (κ3) is 3.14. The van der Waals surface area contributed by atoms with E-state index in [0.29, 0.717) is 17.9 Å². The number of sulfonamides is 1. The van der Waals surface area contributed by atoms with Crippen LogP contribution < -0.4 is 15.2 Å². The van der Waals surface area contributed by atoms with Gasteiger partial charge in [0.1, 0.15) is 0 Å². The second-order valence-corrected chi connectivity index (χ2v) is 6.46. The highest BCUT2D eigenvalue weighted by Crippen LogP contribution is 2.24. The molecule has 7 nitrogen and oxygen atoms in total. The molecule has 20 heavy (non-hydrogen) atoms. The number of anilines is 2. The SMILES string of the molecule is CCOc1ccc(NS(=O)(=O)c2nnc(N)s2)cc1F. The van der Waals surface area contributed by atoms with Crippen LogP contribution in [0.5, 0.6) is 5.75 Å². The summed E-state index contributed by atoms with van der Waals surface area (Å²) in [5.41, 5.74) is 5.38. The molecule has 0 aliphatic rings. The molecule has 0 atom stereocenters. The van der Waals surface area contributed by atoms with Crippen molar-refractivity contribution in [1.82, 2.24) is 10.2 Å². The Morgan fingerprint density at radius 3 is 2.75 bits per heavy atom. The standard InChI is InChI=1S/C10H11FN4O3S2/c1-2-18-8-4-3-6(5-7(8)11)15-20(16,17)10-14-13-9(12)19-10/h3-5,15H,2H2,1H3,(H2,12,13). The van der Waals surface area contributed by atoms with Gasteiger partial charge in [0.05, 0.1) is 12.3 Å². The van der Waals surface area contributed by atoms with Gasteiger partial charge in [0.2, 0.25) is 5.13 Å². The summed E-state index contributed by atoms with van der Waals surface area (Å²) in [6, 6.07) is 3.74. The highest BCUT2D eigenvalue weighted by molar-refractivity contribution is 7.94. The molecule has 0 spiro atoms. The summed E-state index contributed by atoms with van der Waals surface area (Å²) in [4.78, 5) is 0. The Morgan fingerprint density at radius 2 is 2.20 bits per heavy atom. The predicted molar refractivity (Wildman–Crippen MR) is 72.7 cm³/mol. The van der Waals surface area contributed by atoms with Crippen molar-refractivity contribution >= 4 is 32.2 Å². The fourth-order valence-corrected chi connectivity index (χ4v) is 3.20. The largest absolute Gasteiger partial charge is 0.491 e. The number of rotatable bonds is 5. The number of nitrogens with two attached hydrogens (primary N) is 1. The lowest BCUT2D eigenvalue weighted by atomic mass is 10.3. The van der Waals surface area contributed by atoms with Crippen molar-refractivity contribution in [1.29, 1.82) is 0 Å². The highest BCUT2D eigenvalue weighted by atomic mass is 32.2. The van der Waals surface area contributed by atoms with Crippen molar-refractivity contribution < 1.29 is 17.5 Å². The maximum Gasteiger partial charge on any atom is 0.291 e. The molecule has 2 aromatic rings. The van der Waals surface area contributed by atoms with Gasteiger partial charge in [0.15, 0.2) is 11.6 Å². The fourth-order valence-electron chi connectivity index (χ4n) is 1.36. The van der Waals surface area contributed by atoms with Crippen LogP contribution in [0.25, 0.3) is 0 Å². The molecule has 3 N–H and O–H groups in total. The van der Waals surface area contributed by atoms with Gasteiger partial charge < -0.3 is 10.5 Å². The Morgan fingerprint density at radius 1 is 1.45 bits per heavy atom. The van der Waals surface area contributed by atoms with Gasteiger partial charge >= 0.3 is 0 Å². The number of hydrogen-bond donors (Lipinski definition) is 2. The van der Waals surface area contributed by atoms with Crippen LogP contribution in [0.2, 0.25) is 0 Å². The molecule has 0 fully saturated rings. The van der Waals surface area contributed by atoms with Crippen LogP contribution in [-0.2, 0) is 10.0 Å². The second-order valence-electron chi connectivity index (χ2n) is 3.59. The first-order valence-corrected chi connectivity index (χ1v) is 7.76. The molecule has 1 heterocycles. The molecule has 108 valence electrons. The first kappa shape index (κ1) is 14.5. The van der Waals surface area contributed by atoms with Crippen molar-refractivity contribution in [2.75, 3.05) is 17.1 Å². The molecule has 0 aliphatic heterocycles. The zero-order chi connectivity index (χ0) is 14.8. The molecule has 1 aromatic carbocycles. The summed E-state index contributed by atoms with van der Waals surface area (Å²) >= 11 is 0.716. The topological polar surface area (TPSA) is 107 Å². The van der Waals surface area contributed by atoms with E-state index in [1.165, 1.54) is 12.1 Å². The van der Waals surface area contributed by atoms with E-state index >= 15 is 0 Å². The normalized spacial score (nSPS) is 11.3. The minimum absolute atomic E-state index is 0.0308. The van der Waals surface area contributed by atoms with Gasteiger partial charge in [-0.3, -0.25) is 4.72 Å². The van der Waals surface area contributed by atoms with Gasteiger partial charge in [0, 0.05) is 6.07 Å². The van der Waals surface area contributed by atoms with E-state index in [1.807, 2.05) is 0 Å². The van der Waals surface area contributed by atoms with E-state index in [2.05, 4.69) is 14.9 Å². The summed E-state index contributed by atoms with van der Waals surface area (Å²) in [5.74, 6) is -0.612. The number of nitrogens with one attached hydrogen (secondary N) is 1. The molecule has 0 unspecified atom stereocenters. The van der Waals surface area contributed by atoms with Crippen LogP contribution in [0.15, 0.2) is 22.5 Å². The zero-order valence-corrected chi connectivity index (χ0v) is 12.0. The lowest BCUT2D eigenvalue weighted by Crippen LogP contribution is -2.13. The van der Waals surface area contributed by atoms with E-state index in [9.17, 15) is 12.8 Å². The Kier molecular flexibility index (Phi) is 4.04. The van der Waals surface area contributed by atoms with Crippen LogP contribution in [0.4, 0.5) is 15.2 Å². The van der Waals surface area contributed by atoms with Crippen molar-refractivity contribution in [2.24, 2.45) is 0 Å². The summed E-state index contributed by atoms with van der Waals surface area (Å²) in [5, 5.41) is 6.87. The van der Waals surface area contributed by atoms with Crippen LogP contribution in [0.3, 0.4) is 0 Å². The molecule has 0 aliphatic carbocycles. The molecule has 2 rings (SSSR count). The number of ether oxygens (including phenoxy) is 1. The lowest BCUT2D eigenvalue weighted by molar-refractivity contribution is 0.321. The number of nitrogen functional groups attached to an aromatic ring is 1. The van der Waals surface area contributed by atoms with Gasteiger partial charge in [-0.2, -0.15) is 8.42 Å². The minimum atomic E-state index is -3.93. The first-order valence-electron chi connectivity index (χ1n) is 5.46. The van der Waals surface area contributed by atoms with Gasteiger partial charge in [-0.05, 0) is 19.1 Å². The van der Waals surface area contributed by atoms with Crippen LogP contribution in [-0.4, -0.2) is 25.2 Å². The van der Waals surface area contributed by atoms with Crippen LogP contribution in [0.1, 0.15) is 6.92 Å². The maximum absolute atomic E-state index is 13.6. The van der Waals surface area contributed by atoms with Gasteiger partial charge in [0.25, 0.3) is 14.4 Å². The first-order chi connectivity index (χ1) is 9.42. The third-order valence-corrected chi connectivity index (χ3v) is 4.64. The van der Waals surface area contributed by atoms with Crippen molar-refractivity contribution in [3.8, 4) is 5.75 Å². The predicted octanol–water partition coefficient (Wildman–Crippen LogP) is 1.46. The minimum Gasteiger partial charge on any atom is -0.491 e. The summed E-state index contributed by atoms with van der Waals surface area (Å²) < 4.78 is 44.4. The Bertz CT molecular complexity index is 717. The average molecular weight is 318 g/mol. The quantitative estimate of drug-likeness (QED) is 0.864. The molecule has 1 aromatic heterocycles. The number of aromatic nitrogens is 2. The van der Waals surface area contributed by atoms with E-state index in [1.54, 1.807) is 6.92 Å². The molecule has 0 saturated heterocycles. The number of hydrogen-bond acceptors (Lipinski definition) is 7. The summed E-state index contributed by atoms with van der Waals surface area (Å²) in [7, 11) is -3.93. The van der Waals surface area contributed by atoms with E-state index < -0.39 is 15.8 Å². The van der Waals surface area contributed by atoms with Crippen LogP contribution >= 0.6 is 11.3 Å². The Labute approximate surface area is 118 Å². The van der Waals surface area contributed by atoms with Crippen molar-refractivity contribution in [3.05, 3.63) is 24.0 Å². The fraction of sp³-hybridized carbons (Fsp3) is 0.200.